The summed E-state index contributed by atoms with van der Waals surface area (Å²) in [4.78, 5) is 13.0. The van der Waals surface area contributed by atoms with Crippen LogP contribution in [0.4, 0.5) is 5.82 Å². The highest BCUT2D eigenvalue weighted by Crippen LogP contribution is 2.49. The number of aryl methyl sites for hydroxylation is 1. The number of fused-ring (bicyclic) bond motifs is 1. The molecule has 0 aliphatic carbocycles. The Morgan fingerprint density at radius 2 is 1.94 bits per heavy atom. The highest BCUT2D eigenvalue weighted by atomic mass is 31.2. The lowest BCUT2D eigenvalue weighted by atomic mass is 10.1. The summed E-state index contributed by atoms with van der Waals surface area (Å²) in [6.07, 6.45) is -2.02. The van der Waals surface area contributed by atoms with Gasteiger partial charge in [0.2, 0.25) is 0 Å². The molecule has 0 unspecified atom stereocenters. The van der Waals surface area contributed by atoms with Gasteiger partial charge in [-0.05, 0) is 27.2 Å². The van der Waals surface area contributed by atoms with Crippen molar-refractivity contribution in [1.82, 2.24) is 14.5 Å². The summed E-state index contributed by atoms with van der Waals surface area (Å²) in [5.41, 5.74) is 8.31. The van der Waals surface area contributed by atoms with E-state index in [9.17, 15) is 14.8 Å². The molecule has 0 spiro atoms. The lowest BCUT2D eigenvalue weighted by molar-refractivity contribution is -0.0354. The molecule has 1 saturated heterocycles. The fraction of sp³-hybridized carbons (Fsp3) is 0.632. The maximum absolute atomic E-state index is 12.8. The average Bonchev–Trinajstić information content (AvgIpc) is 3.43. The van der Waals surface area contributed by atoms with Crippen molar-refractivity contribution < 1.29 is 28.6 Å². The molecule has 0 saturated carbocycles. The van der Waals surface area contributed by atoms with Gasteiger partial charge in [-0.25, -0.2) is 9.97 Å². The molecule has 4 atom stereocenters. The van der Waals surface area contributed by atoms with E-state index in [0.29, 0.717) is 29.2 Å². The zero-order chi connectivity index (χ0) is 22.3. The number of anilines is 1. The Balaban J connectivity index is 1.61. The SMILES string of the molecule is CCOP(=O)(CC[C@H]1O[C@@H](n2cc(C3=NC3)c3c(N)nc(C)nc32)[C@H](O)[C@@H]1O)OCC. The highest BCUT2D eigenvalue weighted by Gasteiger charge is 2.45. The molecular formula is C19H28N5O6P. The van der Waals surface area contributed by atoms with E-state index in [0.717, 1.165) is 11.3 Å². The summed E-state index contributed by atoms with van der Waals surface area (Å²) in [6.45, 7) is 6.31. The standard InChI is InChI=1S/C19H28N5O6P/c1-4-28-31(27,29-5-2)7-6-13-15(25)16(26)19(30-13)24-9-11(12-8-21-12)14-17(20)22-10(3)23-18(14)24/h9,13,15-16,19,25-26H,4-8H2,1-3H3,(H2,20,22,23)/t13-,15-,16-,19-/m1/s1. The molecule has 170 valence electrons. The zero-order valence-corrected chi connectivity index (χ0v) is 18.7. The first kappa shape index (κ1) is 22.3. The van der Waals surface area contributed by atoms with Crippen molar-refractivity contribution >= 4 is 30.2 Å². The lowest BCUT2D eigenvalue weighted by Crippen LogP contribution is -2.32. The first-order valence-electron chi connectivity index (χ1n) is 10.4. The number of nitrogen functional groups attached to an aromatic ring is 1. The Hall–Kier alpha value is -1.88. The van der Waals surface area contributed by atoms with Crippen molar-refractivity contribution in [3.8, 4) is 0 Å². The minimum Gasteiger partial charge on any atom is -0.388 e. The van der Waals surface area contributed by atoms with Crippen LogP contribution in [0, 0.1) is 6.92 Å². The maximum Gasteiger partial charge on any atom is 0.330 e. The molecule has 0 bridgehead atoms. The summed E-state index contributed by atoms with van der Waals surface area (Å²) in [5, 5.41) is 22.0. The van der Waals surface area contributed by atoms with Crippen LogP contribution in [0.25, 0.3) is 11.0 Å². The molecule has 2 aromatic heterocycles. The number of rotatable bonds is 9. The number of nitrogens with two attached hydrogens (primary N) is 1. The largest absolute Gasteiger partial charge is 0.388 e. The van der Waals surface area contributed by atoms with Crippen molar-refractivity contribution in [2.75, 3.05) is 31.7 Å². The third-order valence-corrected chi connectivity index (χ3v) is 7.50. The minimum absolute atomic E-state index is 0.0680. The van der Waals surface area contributed by atoms with Crippen LogP contribution >= 0.6 is 7.60 Å². The summed E-state index contributed by atoms with van der Waals surface area (Å²) in [6, 6.07) is 0. The second-order valence-electron chi connectivity index (χ2n) is 7.57. The Bertz CT molecular complexity index is 1050. The summed E-state index contributed by atoms with van der Waals surface area (Å²) >= 11 is 0. The zero-order valence-electron chi connectivity index (χ0n) is 17.8. The van der Waals surface area contributed by atoms with Crippen molar-refractivity contribution in [2.45, 2.75) is 51.7 Å². The molecule has 0 aromatic carbocycles. The van der Waals surface area contributed by atoms with Gasteiger partial charge in [-0.3, -0.25) is 9.56 Å². The first-order chi connectivity index (χ1) is 14.8. The van der Waals surface area contributed by atoms with E-state index in [1.807, 2.05) is 0 Å². The van der Waals surface area contributed by atoms with E-state index >= 15 is 0 Å². The Kier molecular flexibility index (Phi) is 6.17. The monoisotopic (exact) mass is 453 g/mol. The van der Waals surface area contributed by atoms with Crippen molar-refractivity contribution in [3.05, 3.63) is 17.6 Å². The molecule has 2 aliphatic heterocycles. The van der Waals surface area contributed by atoms with Gasteiger partial charge in [-0.15, -0.1) is 0 Å². The van der Waals surface area contributed by atoms with Crippen molar-refractivity contribution in [3.63, 3.8) is 0 Å². The molecule has 4 rings (SSSR count). The van der Waals surface area contributed by atoms with Gasteiger partial charge >= 0.3 is 7.60 Å². The molecule has 2 aliphatic rings. The van der Waals surface area contributed by atoms with Gasteiger partial charge in [0.1, 0.15) is 29.5 Å². The smallest absolute Gasteiger partial charge is 0.330 e. The maximum atomic E-state index is 12.8. The van der Waals surface area contributed by atoms with E-state index in [4.69, 9.17) is 19.5 Å². The van der Waals surface area contributed by atoms with E-state index in [1.54, 1.807) is 31.5 Å². The van der Waals surface area contributed by atoms with Gasteiger partial charge in [0.05, 0.1) is 43.1 Å². The van der Waals surface area contributed by atoms with Crippen LogP contribution in [0.3, 0.4) is 0 Å². The number of aliphatic hydroxyl groups excluding tert-OH is 2. The Labute approximate surface area is 179 Å². The van der Waals surface area contributed by atoms with Crippen LogP contribution < -0.4 is 5.73 Å². The van der Waals surface area contributed by atoms with Gasteiger partial charge in [0.25, 0.3) is 0 Å². The Morgan fingerprint density at radius 3 is 2.55 bits per heavy atom. The molecule has 0 amide bonds. The summed E-state index contributed by atoms with van der Waals surface area (Å²) in [5.74, 6) is 0.803. The minimum atomic E-state index is -3.30. The number of nitrogens with zero attached hydrogens (tertiary/aromatic N) is 4. The van der Waals surface area contributed by atoms with Crippen LogP contribution in [0.1, 0.15) is 37.9 Å². The normalized spacial score (nSPS) is 25.9. The van der Waals surface area contributed by atoms with Crippen LogP contribution in [-0.2, 0) is 18.3 Å². The van der Waals surface area contributed by atoms with Crippen LogP contribution in [0.15, 0.2) is 11.2 Å². The molecular weight excluding hydrogens is 425 g/mol. The van der Waals surface area contributed by atoms with Crippen LogP contribution in [0.5, 0.6) is 0 Å². The van der Waals surface area contributed by atoms with E-state index in [2.05, 4.69) is 15.0 Å². The predicted octanol–water partition coefficient (Wildman–Crippen LogP) is 1.40. The molecule has 0 radical (unpaired) electrons. The lowest BCUT2D eigenvalue weighted by Gasteiger charge is -2.20. The average molecular weight is 453 g/mol. The summed E-state index contributed by atoms with van der Waals surface area (Å²) in [7, 11) is -3.30. The van der Waals surface area contributed by atoms with E-state index < -0.39 is 32.1 Å². The topological polar surface area (TPSA) is 154 Å². The summed E-state index contributed by atoms with van der Waals surface area (Å²) < 4.78 is 31.0. The quantitative estimate of drug-likeness (QED) is 0.478. The van der Waals surface area contributed by atoms with Gasteiger partial charge in [-0.2, -0.15) is 0 Å². The number of aromatic nitrogens is 3. The highest BCUT2D eigenvalue weighted by molar-refractivity contribution is 7.53. The van der Waals surface area contributed by atoms with Gasteiger partial charge < -0.3 is 34.3 Å². The Morgan fingerprint density at radius 1 is 1.26 bits per heavy atom. The van der Waals surface area contributed by atoms with Gasteiger partial charge in [0, 0.05) is 11.8 Å². The van der Waals surface area contributed by atoms with Gasteiger partial charge in [0.15, 0.2) is 6.23 Å². The number of aliphatic hydroxyl groups is 2. The fourth-order valence-electron chi connectivity index (χ4n) is 3.95. The number of hydrogen-bond donors (Lipinski definition) is 3. The molecule has 4 heterocycles. The number of ether oxygens (including phenoxy) is 1. The number of aliphatic imine (C=N–C) groups is 1. The van der Waals surface area contributed by atoms with Crippen molar-refractivity contribution in [1.29, 1.82) is 0 Å². The molecule has 31 heavy (non-hydrogen) atoms. The van der Waals surface area contributed by atoms with E-state index in [-0.39, 0.29) is 25.8 Å². The van der Waals surface area contributed by atoms with Crippen molar-refractivity contribution in [2.24, 2.45) is 4.99 Å². The van der Waals surface area contributed by atoms with Gasteiger partial charge in [-0.1, -0.05) is 0 Å². The second kappa shape index (κ2) is 8.57. The third kappa shape index (κ3) is 4.26. The molecule has 11 nitrogen and oxygen atoms in total. The molecule has 2 aromatic rings. The number of hydrogen-bond acceptors (Lipinski definition) is 10. The molecule has 1 fully saturated rings. The first-order valence-corrected chi connectivity index (χ1v) is 12.1. The second-order valence-corrected chi connectivity index (χ2v) is 9.76. The van der Waals surface area contributed by atoms with Crippen LogP contribution in [0.2, 0.25) is 0 Å². The predicted molar refractivity (Wildman–Crippen MR) is 114 cm³/mol. The third-order valence-electron chi connectivity index (χ3n) is 5.39. The molecule has 12 heteroatoms. The molecule has 4 N–H and O–H groups in total. The fourth-order valence-corrected chi connectivity index (χ4v) is 5.64. The van der Waals surface area contributed by atoms with E-state index in [1.165, 1.54) is 0 Å². The van der Waals surface area contributed by atoms with Crippen LogP contribution in [-0.4, -0.2) is 74.7 Å².